The Morgan fingerprint density at radius 1 is 1.20 bits per heavy atom. The molecule has 4 nitrogen and oxygen atoms in total. The van der Waals surface area contributed by atoms with Gasteiger partial charge in [-0.05, 0) is 24.9 Å². The van der Waals surface area contributed by atoms with E-state index in [0.717, 1.165) is 24.9 Å². The SMILES string of the molecule is CCCCCCNC(CCC)c1cccc([N+](=O)[O-])c1. The lowest BCUT2D eigenvalue weighted by molar-refractivity contribution is -0.384. The van der Waals surface area contributed by atoms with Crippen LogP contribution in [0.4, 0.5) is 5.69 Å². The summed E-state index contributed by atoms with van der Waals surface area (Å²) in [4.78, 5) is 10.5. The molecule has 0 spiro atoms. The van der Waals surface area contributed by atoms with Gasteiger partial charge in [0.05, 0.1) is 4.92 Å². The average Bonchev–Trinajstić information content (AvgIpc) is 2.46. The van der Waals surface area contributed by atoms with Crippen molar-refractivity contribution in [2.45, 2.75) is 58.4 Å². The second-order valence-corrected chi connectivity index (χ2v) is 5.21. The molecule has 0 amide bonds. The molecule has 0 radical (unpaired) electrons. The summed E-state index contributed by atoms with van der Waals surface area (Å²) in [6, 6.07) is 7.22. The maximum absolute atomic E-state index is 10.9. The van der Waals surface area contributed by atoms with Gasteiger partial charge in [-0.2, -0.15) is 0 Å². The maximum Gasteiger partial charge on any atom is 0.269 e. The Balaban J connectivity index is 2.60. The molecule has 0 aliphatic heterocycles. The predicted molar refractivity (Wildman–Crippen MR) is 82.9 cm³/mol. The van der Waals surface area contributed by atoms with E-state index in [1.165, 1.54) is 25.7 Å². The summed E-state index contributed by atoms with van der Waals surface area (Å²) in [5, 5.41) is 14.4. The van der Waals surface area contributed by atoms with Crippen LogP contribution < -0.4 is 5.32 Å². The summed E-state index contributed by atoms with van der Waals surface area (Å²) in [5.74, 6) is 0. The number of nitrogens with one attached hydrogen (secondary N) is 1. The van der Waals surface area contributed by atoms with Gasteiger partial charge in [0.25, 0.3) is 5.69 Å². The van der Waals surface area contributed by atoms with E-state index >= 15 is 0 Å². The third kappa shape index (κ3) is 5.70. The molecule has 1 aromatic rings. The Hall–Kier alpha value is -1.42. The summed E-state index contributed by atoms with van der Waals surface area (Å²) in [5.41, 5.74) is 1.20. The molecule has 0 saturated carbocycles. The van der Waals surface area contributed by atoms with Gasteiger partial charge < -0.3 is 5.32 Å². The quantitative estimate of drug-likeness (QED) is 0.386. The second kappa shape index (κ2) is 9.48. The number of nitrogens with zero attached hydrogens (tertiary/aromatic N) is 1. The molecule has 112 valence electrons. The first kappa shape index (κ1) is 16.6. The summed E-state index contributed by atoms with van der Waals surface area (Å²) < 4.78 is 0. The minimum Gasteiger partial charge on any atom is -0.310 e. The van der Waals surface area contributed by atoms with Crippen molar-refractivity contribution in [2.24, 2.45) is 0 Å². The molecule has 1 N–H and O–H groups in total. The van der Waals surface area contributed by atoms with E-state index in [4.69, 9.17) is 0 Å². The number of hydrogen-bond donors (Lipinski definition) is 1. The molecule has 0 aromatic heterocycles. The number of rotatable bonds is 10. The van der Waals surface area contributed by atoms with Crippen LogP contribution in [0.25, 0.3) is 0 Å². The number of hydrogen-bond acceptors (Lipinski definition) is 3. The van der Waals surface area contributed by atoms with Gasteiger partial charge in [0, 0.05) is 18.2 Å². The van der Waals surface area contributed by atoms with E-state index < -0.39 is 0 Å². The zero-order valence-corrected chi connectivity index (χ0v) is 12.6. The van der Waals surface area contributed by atoms with Crippen LogP contribution in [0.1, 0.15) is 64.0 Å². The summed E-state index contributed by atoms with van der Waals surface area (Å²) in [6.07, 6.45) is 7.00. The van der Waals surface area contributed by atoms with Crippen LogP contribution in [0.2, 0.25) is 0 Å². The lowest BCUT2D eigenvalue weighted by atomic mass is 10.0. The fourth-order valence-electron chi connectivity index (χ4n) is 2.36. The highest BCUT2D eigenvalue weighted by atomic mass is 16.6. The molecule has 0 fully saturated rings. The molecule has 1 rings (SSSR count). The molecule has 1 aromatic carbocycles. The Bertz CT molecular complexity index is 407. The first-order valence-corrected chi connectivity index (χ1v) is 7.66. The van der Waals surface area contributed by atoms with Crippen molar-refractivity contribution in [1.82, 2.24) is 5.32 Å². The van der Waals surface area contributed by atoms with Gasteiger partial charge in [0.2, 0.25) is 0 Å². The molecular weight excluding hydrogens is 252 g/mol. The molecule has 4 heteroatoms. The topological polar surface area (TPSA) is 55.2 Å². The van der Waals surface area contributed by atoms with Crippen LogP contribution in [0.15, 0.2) is 24.3 Å². The number of unbranched alkanes of at least 4 members (excludes halogenated alkanes) is 3. The summed E-state index contributed by atoms with van der Waals surface area (Å²) in [6.45, 7) is 5.33. The first-order valence-electron chi connectivity index (χ1n) is 7.66. The van der Waals surface area contributed by atoms with E-state index in [2.05, 4.69) is 19.2 Å². The Morgan fingerprint density at radius 2 is 2.00 bits per heavy atom. The number of benzene rings is 1. The van der Waals surface area contributed by atoms with Gasteiger partial charge >= 0.3 is 0 Å². The highest BCUT2D eigenvalue weighted by molar-refractivity contribution is 5.35. The van der Waals surface area contributed by atoms with Crippen LogP contribution in [0.3, 0.4) is 0 Å². The lowest BCUT2D eigenvalue weighted by Gasteiger charge is -2.18. The fraction of sp³-hybridized carbons (Fsp3) is 0.625. The van der Waals surface area contributed by atoms with Gasteiger partial charge in [-0.15, -0.1) is 0 Å². The van der Waals surface area contributed by atoms with E-state index in [1.807, 2.05) is 6.07 Å². The fourth-order valence-corrected chi connectivity index (χ4v) is 2.36. The second-order valence-electron chi connectivity index (χ2n) is 5.21. The van der Waals surface area contributed by atoms with Crippen molar-refractivity contribution >= 4 is 5.69 Å². The molecule has 0 heterocycles. The molecule has 0 aliphatic carbocycles. The van der Waals surface area contributed by atoms with E-state index in [1.54, 1.807) is 18.2 Å². The highest BCUT2D eigenvalue weighted by Gasteiger charge is 2.13. The minimum atomic E-state index is -0.326. The van der Waals surface area contributed by atoms with Crippen LogP contribution in [0, 0.1) is 10.1 Å². The van der Waals surface area contributed by atoms with Gasteiger partial charge in [-0.3, -0.25) is 10.1 Å². The molecule has 20 heavy (non-hydrogen) atoms. The number of non-ortho nitro benzene ring substituents is 1. The predicted octanol–water partition coefficient (Wildman–Crippen LogP) is 4.61. The van der Waals surface area contributed by atoms with Crippen LogP contribution in [-0.4, -0.2) is 11.5 Å². The van der Waals surface area contributed by atoms with Crippen molar-refractivity contribution in [1.29, 1.82) is 0 Å². The monoisotopic (exact) mass is 278 g/mol. The summed E-state index contributed by atoms with van der Waals surface area (Å²) >= 11 is 0. The summed E-state index contributed by atoms with van der Waals surface area (Å²) in [7, 11) is 0. The number of nitro benzene ring substituents is 1. The van der Waals surface area contributed by atoms with Gasteiger partial charge in [0.15, 0.2) is 0 Å². The molecular formula is C16H26N2O2. The molecule has 0 bridgehead atoms. The van der Waals surface area contributed by atoms with E-state index in [9.17, 15) is 10.1 Å². The third-order valence-corrected chi connectivity index (χ3v) is 3.48. The highest BCUT2D eigenvalue weighted by Crippen LogP contribution is 2.22. The van der Waals surface area contributed by atoms with Crippen molar-refractivity contribution in [3.63, 3.8) is 0 Å². The Labute approximate surface area is 121 Å². The van der Waals surface area contributed by atoms with Crippen LogP contribution in [0.5, 0.6) is 0 Å². The zero-order chi connectivity index (χ0) is 14.8. The van der Waals surface area contributed by atoms with Crippen molar-refractivity contribution in [2.75, 3.05) is 6.54 Å². The van der Waals surface area contributed by atoms with Gasteiger partial charge in [0.1, 0.15) is 0 Å². The van der Waals surface area contributed by atoms with Crippen molar-refractivity contribution in [3.05, 3.63) is 39.9 Å². The zero-order valence-electron chi connectivity index (χ0n) is 12.6. The largest absolute Gasteiger partial charge is 0.310 e. The van der Waals surface area contributed by atoms with Crippen molar-refractivity contribution < 1.29 is 4.92 Å². The van der Waals surface area contributed by atoms with E-state index in [0.29, 0.717) is 0 Å². The Kier molecular flexibility index (Phi) is 7.88. The molecule has 0 aliphatic rings. The standard InChI is InChI=1S/C16H26N2O2/c1-3-5-6-7-12-17-16(9-4-2)14-10-8-11-15(13-14)18(19)20/h8,10-11,13,16-17H,3-7,9,12H2,1-2H3. The molecule has 1 atom stereocenters. The van der Waals surface area contributed by atoms with Crippen LogP contribution >= 0.6 is 0 Å². The minimum absolute atomic E-state index is 0.177. The van der Waals surface area contributed by atoms with Gasteiger partial charge in [-0.1, -0.05) is 51.7 Å². The normalized spacial score (nSPS) is 12.3. The maximum atomic E-state index is 10.9. The molecule has 1 unspecified atom stereocenters. The average molecular weight is 278 g/mol. The third-order valence-electron chi connectivity index (χ3n) is 3.48. The Morgan fingerprint density at radius 3 is 2.65 bits per heavy atom. The van der Waals surface area contributed by atoms with E-state index in [-0.39, 0.29) is 16.7 Å². The smallest absolute Gasteiger partial charge is 0.269 e. The number of nitro groups is 1. The molecule has 0 saturated heterocycles. The first-order chi connectivity index (χ1) is 9.69. The van der Waals surface area contributed by atoms with Crippen LogP contribution in [-0.2, 0) is 0 Å². The lowest BCUT2D eigenvalue weighted by Crippen LogP contribution is -2.22. The van der Waals surface area contributed by atoms with Crippen molar-refractivity contribution in [3.8, 4) is 0 Å². The van der Waals surface area contributed by atoms with Gasteiger partial charge in [-0.25, -0.2) is 0 Å².